The Labute approximate surface area is 183 Å². The minimum absolute atomic E-state index is 0.0463. The lowest BCUT2D eigenvalue weighted by Crippen LogP contribution is -2.48. The summed E-state index contributed by atoms with van der Waals surface area (Å²) in [5, 5.41) is 21.2. The van der Waals surface area contributed by atoms with Gasteiger partial charge >= 0.3 is 11.9 Å². The number of ether oxygens (including phenoxy) is 1. The molecular weight excluding hydrogens is 454 g/mol. The van der Waals surface area contributed by atoms with Gasteiger partial charge in [0.15, 0.2) is 5.60 Å². The monoisotopic (exact) mass is 471 g/mol. The van der Waals surface area contributed by atoms with Crippen molar-refractivity contribution >= 4 is 17.7 Å². The molecule has 13 heteroatoms. The van der Waals surface area contributed by atoms with Crippen LogP contribution in [0.3, 0.4) is 0 Å². The molecular formula is C19H17F4N5O3S. The Kier molecular flexibility index (Phi) is 7.09. The van der Waals surface area contributed by atoms with E-state index in [1.54, 1.807) is 6.92 Å². The molecule has 0 aliphatic rings. The number of hydrogen-bond acceptors (Lipinski definition) is 8. The van der Waals surface area contributed by atoms with E-state index in [4.69, 9.17) is 4.74 Å². The molecule has 1 unspecified atom stereocenters. The number of tetrazole rings is 1. The fourth-order valence-electron chi connectivity index (χ4n) is 2.87. The second-order valence-electron chi connectivity index (χ2n) is 6.54. The number of carbonyl (C=O) groups excluding carboxylic acids is 1. The number of rotatable bonds is 9. The number of thioether (sulfide) groups is 1. The van der Waals surface area contributed by atoms with Gasteiger partial charge in [-0.1, -0.05) is 0 Å². The molecule has 0 bridgehead atoms. The number of benzene rings is 1. The van der Waals surface area contributed by atoms with Gasteiger partial charge in [0.1, 0.15) is 23.7 Å². The number of halogens is 4. The molecule has 1 aromatic carbocycles. The number of nitrogens with zero attached hydrogens (tertiary/aromatic N) is 5. The van der Waals surface area contributed by atoms with Crippen LogP contribution in [0.4, 0.5) is 17.6 Å². The van der Waals surface area contributed by atoms with Crippen LogP contribution in [0.15, 0.2) is 47.8 Å². The van der Waals surface area contributed by atoms with E-state index in [2.05, 4.69) is 20.5 Å². The second kappa shape index (κ2) is 9.61. The maximum atomic E-state index is 15.6. The third-order valence-corrected chi connectivity index (χ3v) is 5.35. The Bertz CT molecular complexity index is 1070. The lowest BCUT2D eigenvalue weighted by Gasteiger charge is -2.35. The first-order chi connectivity index (χ1) is 15.2. The standard InChI is InChI=1S/C19H17F4N5O3S/c1-2-31-17(29)9-32-13-4-6-16(24-8-13)19(22,23)18(30,10-28-11-25-26-27-28)14-5-3-12(20)7-15(14)21/h3-8,11,30H,2,9-10H2,1H3. The number of hydrogen-bond donors (Lipinski definition) is 1. The van der Waals surface area contributed by atoms with Gasteiger partial charge in [-0.05, 0) is 41.6 Å². The first-order valence-corrected chi connectivity index (χ1v) is 10.2. The molecule has 2 aromatic heterocycles. The number of aliphatic hydroxyl groups is 1. The molecule has 0 aliphatic carbocycles. The van der Waals surface area contributed by atoms with E-state index in [-0.39, 0.29) is 12.4 Å². The van der Waals surface area contributed by atoms with Gasteiger partial charge in [-0.15, -0.1) is 16.9 Å². The van der Waals surface area contributed by atoms with Crippen molar-refractivity contribution < 1.29 is 32.2 Å². The van der Waals surface area contributed by atoms with Gasteiger partial charge in [-0.25, -0.2) is 13.5 Å². The van der Waals surface area contributed by atoms with Crippen molar-refractivity contribution in [3.05, 3.63) is 65.7 Å². The fourth-order valence-corrected chi connectivity index (χ4v) is 3.53. The second-order valence-corrected chi connectivity index (χ2v) is 7.59. The molecule has 8 nitrogen and oxygen atoms in total. The molecule has 1 atom stereocenters. The zero-order chi connectivity index (χ0) is 23.4. The van der Waals surface area contributed by atoms with E-state index in [1.807, 2.05) is 0 Å². The summed E-state index contributed by atoms with van der Waals surface area (Å²) in [6.07, 6.45) is 2.05. The average molecular weight is 471 g/mol. The Morgan fingerprint density at radius 3 is 2.62 bits per heavy atom. The number of pyridine rings is 1. The molecule has 1 N–H and O–H groups in total. The normalized spacial score (nSPS) is 13.6. The van der Waals surface area contributed by atoms with Crippen molar-refractivity contribution in [3.8, 4) is 0 Å². The molecule has 0 aliphatic heterocycles. The van der Waals surface area contributed by atoms with E-state index in [1.165, 1.54) is 6.07 Å². The number of alkyl halides is 2. The maximum absolute atomic E-state index is 15.6. The largest absolute Gasteiger partial charge is 0.465 e. The van der Waals surface area contributed by atoms with Crippen LogP contribution < -0.4 is 0 Å². The molecule has 3 aromatic rings. The quantitative estimate of drug-likeness (QED) is 0.289. The zero-order valence-corrected chi connectivity index (χ0v) is 17.4. The van der Waals surface area contributed by atoms with Gasteiger partial charge in [-0.3, -0.25) is 9.78 Å². The van der Waals surface area contributed by atoms with Crippen molar-refractivity contribution in [1.29, 1.82) is 0 Å². The summed E-state index contributed by atoms with van der Waals surface area (Å²) in [6, 6.07) is 4.09. The fraction of sp³-hybridized carbons (Fsp3) is 0.316. The van der Waals surface area contributed by atoms with Crippen LogP contribution in [-0.4, -0.2) is 48.6 Å². The minimum Gasteiger partial charge on any atom is -0.465 e. The van der Waals surface area contributed by atoms with Crippen LogP contribution in [0.25, 0.3) is 0 Å². The van der Waals surface area contributed by atoms with Crippen LogP contribution in [0, 0.1) is 11.6 Å². The Hall–Kier alpha value is -3.06. The van der Waals surface area contributed by atoms with E-state index in [0.29, 0.717) is 11.0 Å². The number of carbonyl (C=O) groups is 1. The molecule has 0 fully saturated rings. The highest BCUT2D eigenvalue weighted by molar-refractivity contribution is 8.00. The molecule has 32 heavy (non-hydrogen) atoms. The molecule has 0 radical (unpaired) electrons. The molecule has 0 spiro atoms. The van der Waals surface area contributed by atoms with Crippen LogP contribution in [-0.2, 0) is 27.6 Å². The molecule has 3 rings (SSSR count). The van der Waals surface area contributed by atoms with Gasteiger partial charge in [0, 0.05) is 22.7 Å². The molecule has 0 saturated carbocycles. The van der Waals surface area contributed by atoms with Gasteiger partial charge in [0.25, 0.3) is 0 Å². The van der Waals surface area contributed by atoms with Crippen molar-refractivity contribution in [2.75, 3.05) is 12.4 Å². The summed E-state index contributed by atoms with van der Waals surface area (Å²) < 4.78 is 64.6. The van der Waals surface area contributed by atoms with E-state index >= 15 is 8.78 Å². The first kappa shape index (κ1) is 23.6. The van der Waals surface area contributed by atoms with Gasteiger partial charge < -0.3 is 9.84 Å². The predicted molar refractivity (Wildman–Crippen MR) is 104 cm³/mol. The van der Waals surface area contributed by atoms with E-state index < -0.39 is 46.9 Å². The van der Waals surface area contributed by atoms with Crippen LogP contribution >= 0.6 is 11.8 Å². The third-order valence-electron chi connectivity index (χ3n) is 4.40. The average Bonchev–Trinajstić information content (AvgIpc) is 3.25. The lowest BCUT2D eigenvalue weighted by atomic mass is 9.84. The van der Waals surface area contributed by atoms with Gasteiger partial charge in [-0.2, -0.15) is 8.78 Å². The summed E-state index contributed by atoms with van der Waals surface area (Å²) in [5.41, 5.74) is -4.95. The topological polar surface area (TPSA) is 103 Å². The van der Waals surface area contributed by atoms with Crippen LogP contribution in [0.1, 0.15) is 18.2 Å². The van der Waals surface area contributed by atoms with Crippen LogP contribution in [0.2, 0.25) is 0 Å². The first-order valence-electron chi connectivity index (χ1n) is 9.19. The number of aromatic nitrogens is 5. The Morgan fingerprint density at radius 1 is 1.25 bits per heavy atom. The van der Waals surface area contributed by atoms with E-state index in [0.717, 1.165) is 47.2 Å². The molecule has 0 saturated heterocycles. The third kappa shape index (κ3) is 4.88. The highest BCUT2D eigenvalue weighted by atomic mass is 32.2. The van der Waals surface area contributed by atoms with Crippen molar-refractivity contribution in [2.24, 2.45) is 0 Å². The van der Waals surface area contributed by atoms with Gasteiger partial charge in [0.2, 0.25) is 0 Å². The summed E-state index contributed by atoms with van der Waals surface area (Å²) in [5.74, 6) is -7.05. The van der Waals surface area contributed by atoms with Crippen molar-refractivity contribution in [3.63, 3.8) is 0 Å². The van der Waals surface area contributed by atoms with Crippen LogP contribution in [0.5, 0.6) is 0 Å². The van der Waals surface area contributed by atoms with Gasteiger partial charge in [0.05, 0.1) is 18.9 Å². The Balaban J connectivity index is 1.95. The SMILES string of the molecule is CCOC(=O)CSc1ccc(C(F)(F)C(O)(Cn2cnnn2)c2ccc(F)cc2F)nc1. The van der Waals surface area contributed by atoms with E-state index in [9.17, 15) is 18.7 Å². The highest BCUT2D eigenvalue weighted by Crippen LogP contribution is 2.46. The van der Waals surface area contributed by atoms with Crippen molar-refractivity contribution in [2.45, 2.75) is 29.9 Å². The molecule has 170 valence electrons. The highest BCUT2D eigenvalue weighted by Gasteiger charge is 2.57. The smallest absolute Gasteiger partial charge is 0.323 e. The Morgan fingerprint density at radius 2 is 2.03 bits per heavy atom. The van der Waals surface area contributed by atoms with Crippen molar-refractivity contribution in [1.82, 2.24) is 25.2 Å². The lowest BCUT2D eigenvalue weighted by molar-refractivity contribution is -0.207. The predicted octanol–water partition coefficient (Wildman–Crippen LogP) is 2.68. The summed E-state index contributed by atoms with van der Waals surface area (Å²) in [7, 11) is 0. The molecule has 2 heterocycles. The zero-order valence-electron chi connectivity index (χ0n) is 16.6. The summed E-state index contributed by atoms with van der Waals surface area (Å²) in [6.45, 7) is 0.917. The minimum atomic E-state index is -4.15. The summed E-state index contributed by atoms with van der Waals surface area (Å²) >= 11 is 1.02. The molecule has 0 amide bonds. The maximum Gasteiger partial charge on any atom is 0.323 e. The number of esters is 1. The summed E-state index contributed by atoms with van der Waals surface area (Å²) in [4.78, 5) is 15.5.